The lowest BCUT2D eigenvalue weighted by Crippen LogP contribution is -2.30. The van der Waals surface area contributed by atoms with E-state index in [0.29, 0.717) is 12.5 Å². The molecule has 3 aromatic carbocycles. The molecule has 0 bridgehead atoms. The highest BCUT2D eigenvalue weighted by Gasteiger charge is 2.26. The molecule has 0 radical (unpaired) electrons. The Hall–Kier alpha value is -4.11. The normalized spacial score (nSPS) is 16.1. The standard InChI is InChI=1S/C42H47FN2O4.C4H10O/c1-27-6-3-9-37(43)36(27)26-45-18-15-30-22-33(11-12-34(30)25-45)42-38(10-4-7-29-16-20-48-21-17-29)44-28(2)35(24-40(46)47)41(42)32-13-14-39-31(23-32)8-5-19-49-39;1-4(2,3)5/h3,6,9,11-14,22-23,29H,4-5,7-8,10,15-21,24-26H2,1-2H3,(H,46,47);5H,1-3H3. The van der Waals surface area contributed by atoms with Gasteiger partial charge in [0, 0.05) is 55.4 Å². The van der Waals surface area contributed by atoms with Crippen molar-refractivity contribution in [3.63, 3.8) is 0 Å². The number of aliphatic hydroxyl groups is 1. The number of carboxylic acid groups (broad SMARTS) is 1. The number of fused-ring (bicyclic) bond motifs is 2. The highest BCUT2D eigenvalue weighted by Crippen LogP contribution is 2.42. The van der Waals surface area contributed by atoms with Gasteiger partial charge in [0.2, 0.25) is 0 Å². The highest BCUT2D eigenvalue weighted by atomic mass is 19.1. The number of aromatic nitrogens is 1. The molecule has 0 spiro atoms. The maximum atomic E-state index is 14.7. The Labute approximate surface area is 320 Å². The number of benzene rings is 3. The second kappa shape index (κ2) is 17.6. The summed E-state index contributed by atoms with van der Waals surface area (Å²) in [5.74, 6) is 0.587. The van der Waals surface area contributed by atoms with Crippen molar-refractivity contribution >= 4 is 5.97 Å². The molecular formula is C46H57FN2O5. The van der Waals surface area contributed by atoms with E-state index in [1.54, 1.807) is 32.9 Å². The second-order valence-corrected chi connectivity index (χ2v) is 16.3. The number of hydrogen-bond donors (Lipinski definition) is 2. The molecule has 0 atom stereocenters. The number of aryl methyl sites for hydroxylation is 4. The Balaban J connectivity index is 0.000000934. The lowest BCUT2D eigenvalue weighted by Gasteiger charge is -2.30. The fourth-order valence-corrected chi connectivity index (χ4v) is 8.08. The fourth-order valence-electron chi connectivity index (χ4n) is 8.08. The largest absolute Gasteiger partial charge is 0.493 e. The van der Waals surface area contributed by atoms with Crippen LogP contribution in [0.15, 0.2) is 54.6 Å². The van der Waals surface area contributed by atoms with Crippen molar-refractivity contribution in [2.75, 3.05) is 26.4 Å². The lowest BCUT2D eigenvalue weighted by atomic mass is 9.83. The Morgan fingerprint density at radius 1 is 0.926 bits per heavy atom. The Kier molecular flexibility index (Phi) is 12.9. The van der Waals surface area contributed by atoms with Gasteiger partial charge in [-0.3, -0.25) is 14.7 Å². The van der Waals surface area contributed by atoms with Gasteiger partial charge in [0.1, 0.15) is 11.6 Å². The number of carbonyl (C=O) groups is 1. The van der Waals surface area contributed by atoms with Gasteiger partial charge in [0.15, 0.2) is 0 Å². The average Bonchev–Trinajstić information content (AvgIpc) is 3.13. The summed E-state index contributed by atoms with van der Waals surface area (Å²) in [6.45, 7) is 13.8. The number of carboxylic acids is 1. The van der Waals surface area contributed by atoms with Crippen LogP contribution in [0.2, 0.25) is 0 Å². The van der Waals surface area contributed by atoms with Crippen LogP contribution in [0.3, 0.4) is 0 Å². The van der Waals surface area contributed by atoms with E-state index in [4.69, 9.17) is 19.6 Å². The van der Waals surface area contributed by atoms with Crippen LogP contribution in [0.25, 0.3) is 22.3 Å². The van der Waals surface area contributed by atoms with Crippen LogP contribution in [0.4, 0.5) is 4.39 Å². The molecule has 4 heterocycles. The second-order valence-electron chi connectivity index (χ2n) is 16.3. The van der Waals surface area contributed by atoms with Crippen molar-refractivity contribution in [3.05, 3.63) is 105 Å². The quantitative estimate of drug-likeness (QED) is 0.168. The molecule has 8 heteroatoms. The van der Waals surface area contributed by atoms with Gasteiger partial charge in [-0.25, -0.2) is 4.39 Å². The Morgan fingerprint density at radius 2 is 1.65 bits per heavy atom. The van der Waals surface area contributed by atoms with Gasteiger partial charge in [-0.1, -0.05) is 36.4 Å². The van der Waals surface area contributed by atoms with E-state index in [1.165, 1.54) is 16.7 Å². The van der Waals surface area contributed by atoms with E-state index >= 15 is 0 Å². The molecule has 0 unspecified atom stereocenters. The monoisotopic (exact) mass is 736 g/mol. The van der Waals surface area contributed by atoms with E-state index < -0.39 is 11.6 Å². The molecular weight excluding hydrogens is 680 g/mol. The summed E-state index contributed by atoms with van der Waals surface area (Å²) in [5.41, 5.74) is 11.7. The summed E-state index contributed by atoms with van der Waals surface area (Å²) in [6.07, 6.45) is 7.88. The van der Waals surface area contributed by atoms with Crippen LogP contribution in [0.1, 0.15) is 97.6 Å². The number of nitrogens with zero attached hydrogens (tertiary/aromatic N) is 2. The summed E-state index contributed by atoms with van der Waals surface area (Å²) in [4.78, 5) is 19.8. The van der Waals surface area contributed by atoms with Crippen LogP contribution >= 0.6 is 0 Å². The predicted molar refractivity (Wildman–Crippen MR) is 212 cm³/mol. The summed E-state index contributed by atoms with van der Waals surface area (Å²) < 4.78 is 26.3. The minimum absolute atomic E-state index is 0.0908. The number of halogens is 1. The SMILES string of the molecule is CC(C)(C)O.Cc1cccc(F)c1CN1CCc2cc(-c3c(CCCC4CCOCC4)nc(C)c(CC(=O)O)c3-c3ccc4c(c3)CCCO4)ccc2C1. The first-order chi connectivity index (χ1) is 25.8. The van der Waals surface area contributed by atoms with Gasteiger partial charge in [-0.05, 0) is 155 Å². The third kappa shape index (κ3) is 10.1. The van der Waals surface area contributed by atoms with Crippen molar-refractivity contribution in [1.29, 1.82) is 0 Å². The molecule has 1 saturated heterocycles. The molecule has 3 aliphatic heterocycles. The molecule has 54 heavy (non-hydrogen) atoms. The molecule has 0 aliphatic carbocycles. The molecule has 1 aromatic heterocycles. The van der Waals surface area contributed by atoms with Crippen molar-refractivity contribution in [2.45, 2.75) is 111 Å². The third-order valence-corrected chi connectivity index (χ3v) is 10.8. The first-order valence-electron chi connectivity index (χ1n) is 19.7. The molecule has 288 valence electrons. The van der Waals surface area contributed by atoms with Gasteiger partial charge in [0.05, 0.1) is 18.6 Å². The van der Waals surface area contributed by atoms with Crippen molar-refractivity contribution in [3.8, 4) is 28.0 Å². The zero-order valence-corrected chi connectivity index (χ0v) is 32.8. The van der Waals surface area contributed by atoms with E-state index in [1.807, 2.05) is 19.9 Å². The first kappa shape index (κ1) is 39.6. The Morgan fingerprint density at radius 3 is 2.39 bits per heavy atom. The molecule has 4 aromatic rings. The minimum atomic E-state index is -0.860. The molecule has 2 N–H and O–H groups in total. The first-order valence-corrected chi connectivity index (χ1v) is 19.7. The van der Waals surface area contributed by atoms with Crippen molar-refractivity contribution in [1.82, 2.24) is 9.88 Å². The average molecular weight is 737 g/mol. The smallest absolute Gasteiger partial charge is 0.307 e. The maximum absolute atomic E-state index is 14.7. The number of pyridine rings is 1. The molecule has 3 aliphatic rings. The summed E-state index contributed by atoms with van der Waals surface area (Å²) in [6, 6.07) is 18.4. The third-order valence-electron chi connectivity index (χ3n) is 10.8. The van der Waals surface area contributed by atoms with E-state index in [-0.39, 0.29) is 12.2 Å². The van der Waals surface area contributed by atoms with Crippen molar-refractivity contribution in [2.24, 2.45) is 5.92 Å². The molecule has 7 nitrogen and oxygen atoms in total. The van der Waals surface area contributed by atoms with Crippen molar-refractivity contribution < 1.29 is 28.9 Å². The van der Waals surface area contributed by atoms with E-state index in [0.717, 1.165) is 140 Å². The van der Waals surface area contributed by atoms with Crippen LogP contribution in [0.5, 0.6) is 5.75 Å². The van der Waals surface area contributed by atoms with Crippen LogP contribution < -0.4 is 4.74 Å². The van der Waals surface area contributed by atoms with Crippen LogP contribution in [-0.2, 0) is 48.3 Å². The highest BCUT2D eigenvalue weighted by molar-refractivity contribution is 5.90. The van der Waals surface area contributed by atoms with Gasteiger partial charge in [0.25, 0.3) is 0 Å². The molecule has 7 rings (SSSR count). The molecule has 0 amide bonds. The van der Waals surface area contributed by atoms with Gasteiger partial charge in [-0.15, -0.1) is 0 Å². The van der Waals surface area contributed by atoms with Gasteiger partial charge >= 0.3 is 5.97 Å². The minimum Gasteiger partial charge on any atom is -0.493 e. The topological polar surface area (TPSA) is 92.1 Å². The van der Waals surface area contributed by atoms with E-state index in [2.05, 4.69) is 41.3 Å². The molecule has 1 fully saturated rings. The van der Waals surface area contributed by atoms with Crippen LogP contribution in [-0.4, -0.2) is 58.0 Å². The lowest BCUT2D eigenvalue weighted by molar-refractivity contribution is -0.136. The number of rotatable bonds is 10. The number of aliphatic carboxylic acids is 1. The van der Waals surface area contributed by atoms with E-state index in [9.17, 15) is 14.3 Å². The zero-order valence-electron chi connectivity index (χ0n) is 32.8. The maximum Gasteiger partial charge on any atom is 0.307 e. The number of hydrogen-bond acceptors (Lipinski definition) is 6. The van der Waals surface area contributed by atoms with Crippen LogP contribution in [0, 0.1) is 25.6 Å². The summed E-state index contributed by atoms with van der Waals surface area (Å²) in [7, 11) is 0. The summed E-state index contributed by atoms with van der Waals surface area (Å²) >= 11 is 0. The van der Waals surface area contributed by atoms with Gasteiger partial charge in [-0.2, -0.15) is 0 Å². The zero-order chi connectivity index (χ0) is 38.4. The summed E-state index contributed by atoms with van der Waals surface area (Å²) in [5, 5.41) is 18.6. The molecule has 0 saturated carbocycles. The predicted octanol–water partition coefficient (Wildman–Crippen LogP) is 9.21. The fraction of sp³-hybridized carbons (Fsp3) is 0.478. The number of ether oxygens (including phenoxy) is 2. The Bertz CT molecular complexity index is 1920. The van der Waals surface area contributed by atoms with Gasteiger partial charge < -0.3 is 19.7 Å².